The monoisotopic (exact) mass is 255 g/mol. The number of hydrogen-bond donors (Lipinski definition) is 1. The minimum atomic E-state index is -0.216. The van der Waals surface area contributed by atoms with Crippen molar-refractivity contribution in [1.82, 2.24) is 15.1 Å². The fourth-order valence-corrected chi connectivity index (χ4v) is 2.26. The summed E-state index contributed by atoms with van der Waals surface area (Å²) in [5.41, 5.74) is 2.37. The van der Waals surface area contributed by atoms with E-state index in [1.165, 1.54) is 6.07 Å². The number of aromatic nitrogens is 2. The number of halogens is 1. The van der Waals surface area contributed by atoms with Gasteiger partial charge < -0.3 is 5.32 Å². The summed E-state index contributed by atoms with van der Waals surface area (Å²) in [5.74, 6) is -0.216. The van der Waals surface area contributed by atoms with Crippen molar-refractivity contribution in [3.8, 4) is 5.69 Å². The maximum atomic E-state index is 13.9. The summed E-state index contributed by atoms with van der Waals surface area (Å²) in [7, 11) is 1.80. The van der Waals surface area contributed by atoms with E-state index in [0.29, 0.717) is 12.1 Å². The smallest absolute Gasteiger partial charge is 0.129 e. The lowest BCUT2D eigenvalue weighted by molar-refractivity contribution is 0.597. The van der Waals surface area contributed by atoms with E-state index < -0.39 is 0 Å². The van der Waals surface area contributed by atoms with Gasteiger partial charge in [-0.05, 0) is 25.2 Å². The van der Waals surface area contributed by atoms with E-state index in [2.05, 4.69) is 10.4 Å². The number of para-hydroxylation sites is 1. The van der Waals surface area contributed by atoms with Gasteiger partial charge in [-0.25, -0.2) is 9.07 Å². The van der Waals surface area contributed by atoms with Crippen LogP contribution in [0.25, 0.3) is 16.6 Å². The van der Waals surface area contributed by atoms with Crippen molar-refractivity contribution in [2.75, 3.05) is 7.05 Å². The summed E-state index contributed by atoms with van der Waals surface area (Å²) in [6, 6.07) is 13.0. The van der Waals surface area contributed by atoms with Gasteiger partial charge in [-0.15, -0.1) is 0 Å². The van der Waals surface area contributed by atoms with E-state index in [-0.39, 0.29) is 5.82 Å². The van der Waals surface area contributed by atoms with Gasteiger partial charge in [0.1, 0.15) is 5.82 Å². The minimum absolute atomic E-state index is 0.216. The van der Waals surface area contributed by atoms with Crippen LogP contribution < -0.4 is 5.32 Å². The lowest BCUT2D eigenvalue weighted by Crippen LogP contribution is -2.11. The molecule has 2 aromatic carbocycles. The van der Waals surface area contributed by atoms with Gasteiger partial charge in [0.2, 0.25) is 0 Å². The Morgan fingerprint density at radius 2 is 2.00 bits per heavy atom. The van der Waals surface area contributed by atoms with Crippen molar-refractivity contribution >= 4 is 10.9 Å². The van der Waals surface area contributed by atoms with Gasteiger partial charge in [-0.2, -0.15) is 5.10 Å². The molecule has 0 saturated carbocycles. The van der Waals surface area contributed by atoms with Gasteiger partial charge in [0.15, 0.2) is 0 Å². The zero-order valence-electron chi connectivity index (χ0n) is 10.6. The Balaban J connectivity index is 2.24. The van der Waals surface area contributed by atoms with Crippen LogP contribution in [0.15, 0.2) is 48.7 Å². The molecule has 0 bridgehead atoms. The third-order valence-electron chi connectivity index (χ3n) is 3.15. The van der Waals surface area contributed by atoms with Crippen LogP contribution in [0.4, 0.5) is 4.39 Å². The maximum Gasteiger partial charge on any atom is 0.129 e. The first-order valence-corrected chi connectivity index (χ1v) is 6.16. The van der Waals surface area contributed by atoms with E-state index >= 15 is 0 Å². The maximum absolute atomic E-state index is 13.9. The van der Waals surface area contributed by atoms with E-state index in [1.807, 2.05) is 30.3 Å². The van der Waals surface area contributed by atoms with Crippen molar-refractivity contribution in [2.24, 2.45) is 0 Å². The summed E-state index contributed by atoms with van der Waals surface area (Å²) in [6.07, 6.45) is 1.80. The van der Waals surface area contributed by atoms with E-state index in [1.54, 1.807) is 24.0 Å². The second kappa shape index (κ2) is 4.82. The standard InChI is InChI=1S/C15H14FN3/c1-17-10-12-13(16)6-4-8-15(12)19-14-7-3-2-5-11(14)9-18-19/h2-9,17H,10H2,1H3. The second-order valence-corrected chi connectivity index (χ2v) is 4.38. The molecule has 0 amide bonds. The Bertz CT molecular complexity index is 718. The topological polar surface area (TPSA) is 29.9 Å². The zero-order valence-corrected chi connectivity index (χ0v) is 10.6. The summed E-state index contributed by atoms with van der Waals surface area (Å²) in [6.45, 7) is 0.468. The van der Waals surface area contributed by atoms with Crippen LogP contribution in [0, 0.1) is 5.82 Å². The van der Waals surface area contributed by atoms with Crippen LogP contribution in [0.1, 0.15) is 5.56 Å². The summed E-state index contributed by atoms with van der Waals surface area (Å²) in [4.78, 5) is 0. The van der Waals surface area contributed by atoms with Crippen molar-refractivity contribution in [1.29, 1.82) is 0 Å². The van der Waals surface area contributed by atoms with Crippen LogP contribution >= 0.6 is 0 Å². The molecular weight excluding hydrogens is 241 g/mol. The minimum Gasteiger partial charge on any atom is -0.316 e. The molecule has 3 nitrogen and oxygen atoms in total. The SMILES string of the molecule is CNCc1c(F)cccc1-n1ncc2ccccc21. The average Bonchev–Trinajstić information content (AvgIpc) is 2.85. The Morgan fingerprint density at radius 3 is 2.84 bits per heavy atom. The van der Waals surface area contributed by atoms with Gasteiger partial charge in [-0.3, -0.25) is 0 Å². The highest BCUT2D eigenvalue weighted by Crippen LogP contribution is 2.22. The summed E-state index contributed by atoms with van der Waals surface area (Å²) < 4.78 is 15.7. The zero-order chi connectivity index (χ0) is 13.2. The molecule has 96 valence electrons. The highest BCUT2D eigenvalue weighted by molar-refractivity contribution is 5.80. The molecule has 0 atom stereocenters. The number of nitrogens with zero attached hydrogens (tertiary/aromatic N) is 2. The molecule has 1 N–H and O–H groups in total. The van der Waals surface area contributed by atoms with E-state index in [0.717, 1.165) is 16.6 Å². The summed E-state index contributed by atoms with van der Waals surface area (Å²) in [5, 5.41) is 8.41. The second-order valence-electron chi connectivity index (χ2n) is 4.38. The largest absolute Gasteiger partial charge is 0.316 e. The molecule has 0 spiro atoms. The Hall–Kier alpha value is -2.20. The lowest BCUT2D eigenvalue weighted by Gasteiger charge is -2.11. The highest BCUT2D eigenvalue weighted by atomic mass is 19.1. The van der Waals surface area contributed by atoms with Gasteiger partial charge in [0.25, 0.3) is 0 Å². The Labute approximate surface area is 110 Å². The molecule has 0 unspecified atom stereocenters. The molecule has 0 aliphatic heterocycles. The van der Waals surface area contributed by atoms with E-state index in [4.69, 9.17) is 0 Å². The van der Waals surface area contributed by atoms with Crippen LogP contribution in [0.3, 0.4) is 0 Å². The molecule has 3 aromatic rings. The molecule has 4 heteroatoms. The number of rotatable bonds is 3. The van der Waals surface area contributed by atoms with Crippen LogP contribution in [-0.2, 0) is 6.54 Å². The number of hydrogen-bond acceptors (Lipinski definition) is 2. The normalized spacial score (nSPS) is 11.1. The van der Waals surface area contributed by atoms with Crippen molar-refractivity contribution < 1.29 is 4.39 Å². The molecule has 3 rings (SSSR count). The molecule has 19 heavy (non-hydrogen) atoms. The predicted molar refractivity (Wildman–Crippen MR) is 73.8 cm³/mol. The quantitative estimate of drug-likeness (QED) is 0.780. The fourth-order valence-electron chi connectivity index (χ4n) is 2.26. The first-order chi connectivity index (χ1) is 9.31. The van der Waals surface area contributed by atoms with Gasteiger partial charge >= 0.3 is 0 Å². The molecule has 0 fully saturated rings. The Morgan fingerprint density at radius 1 is 1.16 bits per heavy atom. The molecule has 0 aliphatic rings. The first kappa shape index (κ1) is 11.9. The third-order valence-corrected chi connectivity index (χ3v) is 3.15. The van der Waals surface area contributed by atoms with Crippen molar-refractivity contribution in [3.63, 3.8) is 0 Å². The van der Waals surface area contributed by atoms with Crippen LogP contribution in [0.5, 0.6) is 0 Å². The molecular formula is C15H14FN3. The molecule has 1 aromatic heterocycles. The third kappa shape index (κ3) is 2.00. The molecule has 1 heterocycles. The average molecular weight is 255 g/mol. The number of fused-ring (bicyclic) bond motifs is 1. The molecule has 0 radical (unpaired) electrons. The molecule has 0 aliphatic carbocycles. The van der Waals surface area contributed by atoms with E-state index in [9.17, 15) is 4.39 Å². The van der Waals surface area contributed by atoms with Crippen molar-refractivity contribution in [2.45, 2.75) is 6.54 Å². The Kier molecular flexibility index (Phi) is 3.01. The van der Waals surface area contributed by atoms with Gasteiger partial charge in [0, 0.05) is 17.5 Å². The lowest BCUT2D eigenvalue weighted by atomic mass is 10.1. The van der Waals surface area contributed by atoms with Crippen molar-refractivity contribution in [3.05, 3.63) is 60.0 Å². The van der Waals surface area contributed by atoms with Crippen LogP contribution in [-0.4, -0.2) is 16.8 Å². The van der Waals surface area contributed by atoms with Crippen LogP contribution in [0.2, 0.25) is 0 Å². The van der Waals surface area contributed by atoms with Gasteiger partial charge in [-0.1, -0.05) is 24.3 Å². The summed E-state index contributed by atoms with van der Waals surface area (Å²) >= 11 is 0. The highest BCUT2D eigenvalue weighted by Gasteiger charge is 2.12. The number of benzene rings is 2. The molecule has 0 saturated heterocycles. The predicted octanol–water partition coefficient (Wildman–Crippen LogP) is 2.88. The van der Waals surface area contributed by atoms with Gasteiger partial charge in [0.05, 0.1) is 17.4 Å². The first-order valence-electron chi connectivity index (χ1n) is 6.16. The number of nitrogens with one attached hydrogen (secondary N) is 1. The fraction of sp³-hybridized carbons (Fsp3) is 0.133.